The van der Waals surface area contributed by atoms with Crippen molar-refractivity contribution in [2.45, 2.75) is 6.42 Å². The van der Waals surface area contributed by atoms with Crippen LogP contribution in [-0.4, -0.2) is 58.2 Å². The predicted molar refractivity (Wildman–Crippen MR) is 107 cm³/mol. The van der Waals surface area contributed by atoms with Crippen molar-refractivity contribution in [1.29, 1.82) is 0 Å². The molecule has 2 rings (SSSR count). The summed E-state index contributed by atoms with van der Waals surface area (Å²) in [5.41, 5.74) is 1.09. The molecule has 0 atom stereocenters. The molecule has 1 N–H and O–H groups in total. The van der Waals surface area contributed by atoms with Gasteiger partial charge in [0.1, 0.15) is 18.2 Å². The number of halogens is 1. The van der Waals surface area contributed by atoms with Gasteiger partial charge in [-0.1, -0.05) is 24.3 Å². The van der Waals surface area contributed by atoms with E-state index in [2.05, 4.69) is 5.32 Å². The van der Waals surface area contributed by atoms with Crippen LogP contribution in [0.5, 0.6) is 5.75 Å². The van der Waals surface area contributed by atoms with Gasteiger partial charge in [-0.2, -0.15) is 0 Å². The molecule has 0 heterocycles. The zero-order valence-corrected chi connectivity index (χ0v) is 16.2. The van der Waals surface area contributed by atoms with E-state index < -0.39 is 0 Å². The van der Waals surface area contributed by atoms with Crippen LogP contribution in [0.25, 0.3) is 0 Å². The van der Waals surface area contributed by atoms with Crippen molar-refractivity contribution >= 4 is 11.6 Å². The molecular formula is C21H28FN3O2. The van der Waals surface area contributed by atoms with Gasteiger partial charge >= 0.3 is 0 Å². The molecular weight excluding hydrogens is 345 g/mol. The number of hydrogen-bond donors (Lipinski definition) is 1. The third-order valence-corrected chi connectivity index (χ3v) is 4.15. The molecule has 0 unspecified atom stereocenters. The molecule has 146 valence electrons. The molecule has 0 aliphatic heterocycles. The summed E-state index contributed by atoms with van der Waals surface area (Å²) < 4.78 is 19.5. The number of rotatable bonds is 10. The molecule has 1 amide bonds. The van der Waals surface area contributed by atoms with Gasteiger partial charge in [0, 0.05) is 26.7 Å². The van der Waals surface area contributed by atoms with E-state index in [0.717, 1.165) is 6.54 Å². The second-order valence-electron chi connectivity index (χ2n) is 6.63. The number of nitrogens with zero attached hydrogens (tertiary/aromatic N) is 2. The maximum absolute atomic E-state index is 13.8. The van der Waals surface area contributed by atoms with Crippen molar-refractivity contribution in [1.82, 2.24) is 10.2 Å². The first-order valence-corrected chi connectivity index (χ1v) is 9.09. The Balaban J connectivity index is 1.81. The fraction of sp³-hybridized carbons (Fsp3) is 0.381. The predicted octanol–water partition coefficient (Wildman–Crippen LogP) is 3.02. The maximum atomic E-state index is 13.8. The Morgan fingerprint density at radius 1 is 1.04 bits per heavy atom. The van der Waals surface area contributed by atoms with E-state index >= 15 is 0 Å². The number of amides is 1. The Bertz CT molecular complexity index is 737. The lowest BCUT2D eigenvalue weighted by Gasteiger charge is -2.20. The van der Waals surface area contributed by atoms with Crippen LogP contribution in [0.2, 0.25) is 0 Å². The maximum Gasteiger partial charge on any atom is 0.255 e. The van der Waals surface area contributed by atoms with Crippen molar-refractivity contribution in [3.8, 4) is 5.75 Å². The number of likely N-dealkylation sites (N-methyl/N-ethyl adjacent to an activating group) is 1. The summed E-state index contributed by atoms with van der Waals surface area (Å²) in [5.74, 6) is 0.178. The topological polar surface area (TPSA) is 44.8 Å². The van der Waals surface area contributed by atoms with E-state index in [1.54, 1.807) is 24.3 Å². The molecule has 0 fully saturated rings. The van der Waals surface area contributed by atoms with Crippen LogP contribution in [0, 0.1) is 5.82 Å². The number of benzene rings is 2. The first kappa shape index (κ1) is 20.7. The lowest BCUT2D eigenvalue weighted by molar-refractivity contribution is 0.0949. The summed E-state index contributed by atoms with van der Waals surface area (Å²) in [4.78, 5) is 16.3. The lowest BCUT2D eigenvalue weighted by Crippen LogP contribution is -2.29. The van der Waals surface area contributed by atoms with Crippen LogP contribution in [0.4, 0.5) is 10.1 Å². The fourth-order valence-electron chi connectivity index (χ4n) is 2.61. The molecule has 6 heteroatoms. The number of carbonyl (C=O) groups is 1. The van der Waals surface area contributed by atoms with Gasteiger partial charge < -0.3 is 19.9 Å². The van der Waals surface area contributed by atoms with E-state index in [1.807, 2.05) is 49.1 Å². The average Bonchev–Trinajstić information content (AvgIpc) is 2.65. The van der Waals surface area contributed by atoms with Crippen LogP contribution in [0.1, 0.15) is 16.8 Å². The largest absolute Gasteiger partial charge is 0.491 e. The Morgan fingerprint density at radius 3 is 2.48 bits per heavy atom. The minimum absolute atomic E-state index is 0.163. The molecule has 0 saturated carbocycles. The van der Waals surface area contributed by atoms with Crippen molar-refractivity contribution < 1.29 is 13.9 Å². The normalized spacial score (nSPS) is 10.7. The highest BCUT2D eigenvalue weighted by Gasteiger charge is 2.12. The zero-order valence-electron chi connectivity index (χ0n) is 16.2. The van der Waals surface area contributed by atoms with Gasteiger partial charge in [0.05, 0.1) is 11.3 Å². The van der Waals surface area contributed by atoms with Gasteiger partial charge in [0.2, 0.25) is 0 Å². The molecule has 0 radical (unpaired) electrons. The molecule has 2 aromatic rings. The Morgan fingerprint density at radius 2 is 1.74 bits per heavy atom. The van der Waals surface area contributed by atoms with Crippen LogP contribution in [0.15, 0.2) is 48.5 Å². The van der Waals surface area contributed by atoms with Gasteiger partial charge in [-0.05, 0) is 44.8 Å². The minimum Gasteiger partial charge on any atom is -0.491 e. The Hall–Kier alpha value is -2.60. The zero-order chi connectivity index (χ0) is 19.6. The smallest absolute Gasteiger partial charge is 0.255 e. The van der Waals surface area contributed by atoms with Crippen LogP contribution >= 0.6 is 0 Å². The second-order valence-corrected chi connectivity index (χ2v) is 6.63. The molecule has 0 spiro atoms. The van der Waals surface area contributed by atoms with Crippen molar-refractivity contribution in [3.63, 3.8) is 0 Å². The molecule has 5 nitrogen and oxygen atoms in total. The molecule has 0 saturated heterocycles. The average molecular weight is 373 g/mol. The van der Waals surface area contributed by atoms with Gasteiger partial charge in [0.25, 0.3) is 5.91 Å². The summed E-state index contributed by atoms with van der Waals surface area (Å²) in [6, 6.07) is 13.9. The molecule has 0 bridgehead atoms. The highest BCUT2D eigenvalue weighted by Crippen LogP contribution is 2.18. The summed E-state index contributed by atoms with van der Waals surface area (Å²) in [6.45, 7) is 2.44. The monoisotopic (exact) mass is 373 g/mol. The second kappa shape index (κ2) is 10.5. The Labute approximate surface area is 160 Å². The SMILES string of the molecule is CN(C)CCOc1ccccc1C(=O)NCCCN(C)c1ccccc1F. The third kappa shape index (κ3) is 6.57. The highest BCUT2D eigenvalue weighted by atomic mass is 19.1. The summed E-state index contributed by atoms with van der Waals surface area (Å²) in [7, 11) is 5.79. The van der Waals surface area contributed by atoms with E-state index in [0.29, 0.717) is 43.1 Å². The summed E-state index contributed by atoms with van der Waals surface area (Å²) >= 11 is 0. The third-order valence-electron chi connectivity index (χ3n) is 4.15. The number of anilines is 1. The first-order valence-electron chi connectivity index (χ1n) is 9.09. The van der Waals surface area contributed by atoms with Crippen LogP contribution < -0.4 is 15.0 Å². The lowest BCUT2D eigenvalue weighted by atomic mass is 10.2. The summed E-state index contributed by atoms with van der Waals surface area (Å²) in [6.07, 6.45) is 0.709. The number of hydrogen-bond acceptors (Lipinski definition) is 4. The number of ether oxygens (including phenoxy) is 1. The van der Waals surface area contributed by atoms with Gasteiger partial charge in [0.15, 0.2) is 0 Å². The van der Waals surface area contributed by atoms with Crippen molar-refractivity contribution in [3.05, 3.63) is 59.9 Å². The highest BCUT2D eigenvalue weighted by molar-refractivity contribution is 5.96. The molecule has 0 aliphatic rings. The molecule has 0 aromatic heterocycles. The van der Waals surface area contributed by atoms with E-state index in [-0.39, 0.29) is 11.7 Å². The van der Waals surface area contributed by atoms with E-state index in [1.165, 1.54) is 6.07 Å². The minimum atomic E-state index is -0.243. The molecule has 2 aromatic carbocycles. The van der Waals surface area contributed by atoms with Crippen LogP contribution in [-0.2, 0) is 0 Å². The van der Waals surface area contributed by atoms with Crippen LogP contribution in [0.3, 0.4) is 0 Å². The number of carbonyl (C=O) groups excluding carboxylic acids is 1. The van der Waals surface area contributed by atoms with Gasteiger partial charge in [-0.25, -0.2) is 4.39 Å². The molecule has 0 aliphatic carbocycles. The van der Waals surface area contributed by atoms with Gasteiger partial charge in [-0.3, -0.25) is 4.79 Å². The van der Waals surface area contributed by atoms with Crippen molar-refractivity contribution in [2.24, 2.45) is 0 Å². The first-order chi connectivity index (χ1) is 13.0. The standard InChI is InChI=1S/C21H28FN3O2/c1-24(2)15-16-27-20-12-7-4-9-17(20)21(26)23-13-8-14-25(3)19-11-6-5-10-18(19)22/h4-7,9-12H,8,13-16H2,1-3H3,(H,23,26). The van der Waals surface area contributed by atoms with E-state index in [4.69, 9.17) is 4.74 Å². The molecule has 27 heavy (non-hydrogen) atoms. The quantitative estimate of drug-likeness (QED) is 0.650. The number of para-hydroxylation sites is 2. The Kier molecular flexibility index (Phi) is 8.07. The summed E-state index contributed by atoms with van der Waals surface area (Å²) in [5, 5.41) is 2.91. The fourth-order valence-corrected chi connectivity index (χ4v) is 2.61. The van der Waals surface area contributed by atoms with E-state index in [9.17, 15) is 9.18 Å². The number of nitrogens with one attached hydrogen (secondary N) is 1. The van der Waals surface area contributed by atoms with Gasteiger partial charge in [-0.15, -0.1) is 0 Å². The van der Waals surface area contributed by atoms with Crippen molar-refractivity contribution in [2.75, 3.05) is 52.3 Å².